The molecule has 6 nitrogen and oxygen atoms in total. The minimum absolute atomic E-state index is 0.0852. The van der Waals surface area contributed by atoms with Crippen molar-refractivity contribution in [2.75, 3.05) is 18.4 Å². The minimum atomic E-state index is -0.120. The van der Waals surface area contributed by atoms with Gasteiger partial charge in [0.05, 0.1) is 29.7 Å². The van der Waals surface area contributed by atoms with Crippen molar-refractivity contribution in [2.24, 2.45) is 7.05 Å². The number of nitrogens with zero attached hydrogens (tertiary/aromatic N) is 3. The summed E-state index contributed by atoms with van der Waals surface area (Å²) in [5, 5.41) is 7.19. The summed E-state index contributed by atoms with van der Waals surface area (Å²) in [5.74, 6) is -0.0852. The van der Waals surface area contributed by atoms with Gasteiger partial charge in [-0.05, 0) is 33.2 Å². The third-order valence-electron chi connectivity index (χ3n) is 3.94. The van der Waals surface area contributed by atoms with E-state index >= 15 is 0 Å². The van der Waals surface area contributed by atoms with Gasteiger partial charge in [0, 0.05) is 7.05 Å². The fraction of sp³-hybridized carbons (Fsp3) is 0.643. The first-order valence-electron chi connectivity index (χ1n) is 7.02. The van der Waals surface area contributed by atoms with Crippen LogP contribution < -0.4 is 5.32 Å². The van der Waals surface area contributed by atoms with Crippen LogP contribution in [0.3, 0.4) is 0 Å². The van der Waals surface area contributed by atoms with E-state index in [0.717, 1.165) is 49.2 Å². The van der Waals surface area contributed by atoms with Crippen molar-refractivity contribution in [1.29, 1.82) is 0 Å². The summed E-state index contributed by atoms with van der Waals surface area (Å²) in [6.45, 7) is 4.86. The maximum Gasteiger partial charge on any atom is 0.238 e. The van der Waals surface area contributed by atoms with Crippen molar-refractivity contribution in [2.45, 2.75) is 39.2 Å². The molecule has 0 spiro atoms. The van der Waals surface area contributed by atoms with Gasteiger partial charge in [-0.1, -0.05) is 6.42 Å². The molecule has 2 rings (SSSR count). The Morgan fingerprint density at radius 3 is 2.80 bits per heavy atom. The van der Waals surface area contributed by atoms with Gasteiger partial charge in [0.15, 0.2) is 0 Å². The van der Waals surface area contributed by atoms with Crippen LogP contribution in [0.5, 0.6) is 0 Å². The summed E-state index contributed by atoms with van der Waals surface area (Å²) < 4.78 is 1.75. The number of amides is 1. The summed E-state index contributed by atoms with van der Waals surface area (Å²) in [7, 11) is 1.85. The Kier molecular flexibility index (Phi) is 4.54. The van der Waals surface area contributed by atoms with Crippen molar-refractivity contribution < 1.29 is 9.59 Å². The lowest BCUT2D eigenvalue weighted by molar-refractivity contribution is -0.120. The molecule has 1 aliphatic heterocycles. The zero-order valence-corrected chi connectivity index (χ0v) is 12.3. The van der Waals surface area contributed by atoms with E-state index in [1.165, 1.54) is 0 Å². The van der Waals surface area contributed by atoms with Crippen LogP contribution >= 0.6 is 0 Å². The lowest BCUT2D eigenvalue weighted by Gasteiger charge is -2.31. The van der Waals surface area contributed by atoms with E-state index in [4.69, 9.17) is 0 Å². The number of carbonyl (C=O) groups excluding carboxylic acids is 2. The Bertz CT molecular complexity index is 510. The molecule has 0 aliphatic carbocycles. The summed E-state index contributed by atoms with van der Waals surface area (Å²) in [6.07, 6.45) is 3.90. The number of aryl methyl sites for hydroxylation is 2. The normalized spacial score (nSPS) is 19.9. The third kappa shape index (κ3) is 3.07. The molecule has 1 saturated heterocycles. The van der Waals surface area contributed by atoms with Gasteiger partial charge in [0.2, 0.25) is 5.91 Å². The second-order valence-electron chi connectivity index (χ2n) is 5.39. The molecule has 1 atom stereocenters. The van der Waals surface area contributed by atoms with Gasteiger partial charge < -0.3 is 10.1 Å². The predicted octanol–water partition coefficient (Wildman–Crippen LogP) is 1.03. The van der Waals surface area contributed by atoms with Crippen molar-refractivity contribution in [1.82, 2.24) is 14.7 Å². The molecule has 0 saturated carbocycles. The molecule has 0 bridgehead atoms. The monoisotopic (exact) mass is 278 g/mol. The largest absolute Gasteiger partial charge is 0.322 e. The Balaban J connectivity index is 2.00. The minimum Gasteiger partial charge on any atom is -0.322 e. The molecular weight excluding hydrogens is 256 g/mol. The number of anilines is 1. The first-order chi connectivity index (χ1) is 9.52. The van der Waals surface area contributed by atoms with Crippen molar-refractivity contribution in [3.8, 4) is 0 Å². The Morgan fingerprint density at radius 2 is 2.20 bits per heavy atom. The van der Waals surface area contributed by atoms with Crippen molar-refractivity contribution in [3.05, 3.63) is 11.4 Å². The molecule has 0 radical (unpaired) electrons. The molecular formula is C14H22N4O2. The quantitative estimate of drug-likeness (QED) is 0.835. The average Bonchev–Trinajstić information content (AvgIpc) is 2.66. The lowest BCUT2D eigenvalue weighted by atomic mass is 10.0. The lowest BCUT2D eigenvalue weighted by Crippen LogP contribution is -2.44. The fourth-order valence-electron chi connectivity index (χ4n) is 2.69. The first-order valence-corrected chi connectivity index (χ1v) is 7.02. The number of nitrogens with one attached hydrogen (secondary N) is 1. The van der Waals surface area contributed by atoms with Crippen LogP contribution in [0, 0.1) is 13.8 Å². The Labute approximate surface area is 119 Å². The molecule has 1 amide bonds. The number of piperidine rings is 1. The van der Waals surface area contributed by atoms with Crippen LogP contribution in [0.25, 0.3) is 0 Å². The summed E-state index contributed by atoms with van der Waals surface area (Å²) in [4.78, 5) is 25.1. The van der Waals surface area contributed by atoms with E-state index in [2.05, 4.69) is 10.4 Å². The number of aldehydes is 1. The standard InChI is InChI=1S/C14H22N4O2/c1-10-14(11(2)17(3)16-10)15-13(20)8-18-7-5-4-6-12(18)9-19/h9,12H,4-8H2,1-3H3,(H,15,20). The molecule has 110 valence electrons. The Morgan fingerprint density at radius 1 is 1.45 bits per heavy atom. The topological polar surface area (TPSA) is 67.2 Å². The smallest absolute Gasteiger partial charge is 0.238 e. The molecule has 1 N–H and O–H groups in total. The van der Waals surface area contributed by atoms with E-state index in [-0.39, 0.29) is 18.5 Å². The highest BCUT2D eigenvalue weighted by Gasteiger charge is 2.24. The third-order valence-corrected chi connectivity index (χ3v) is 3.94. The van der Waals surface area contributed by atoms with Crippen LogP contribution in [0.2, 0.25) is 0 Å². The van der Waals surface area contributed by atoms with Crippen LogP contribution in [-0.2, 0) is 16.6 Å². The summed E-state index contributed by atoms with van der Waals surface area (Å²) in [6, 6.07) is -0.120. The number of rotatable bonds is 4. The second-order valence-corrected chi connectivity index (χ2v) is 5.39. The number of hydrogen-bond donors (Lipinski definition) is 1. The van der Waals surface area contributed by atoms with Gasteiger partial charge >= 0.3 is 0 Å². The van der Waals surface area contributed by atoms with E-state index < -0.39 is 0 Å². The van der Waals surface area contributed by atoms with Crippen LogP contribution in [0.4, 0.5) is 5.69 Å². The molecule has 0 aromatic carbocycles. The highest BCUT2D eigenvalue weighted by atomic mass is 16.2. The highest BCUT2D eigenvalue weighted by Crippen LogP contribution is 2.19. The Hall–Kier alpha value is -1.69. The summed E-state index contributed by atoms with van der Waals surface area (Å²) in [5.41, 5.74) is 2.52. The molecule has 1 aromatic rings. The van der Waals surface area contributed by atoms with Crippen LogP contribution in [-0.4, -0.2) is 46.0 Å². The molecule has 2 heterocycles. The predicted molar refractivity (Wildman–Crippen MR) is 76.6 cm³/mol. The van der Waals surface area contributed by atoms with Gasteiger partial charge in [0.1, 0.15) is 6.29 Å². The van der Waals surface area contributed by atoms with Gasteiger partial charge in [-0.3, -0.25) is 14.4 Å². The second kappa shape index (κ2) is 6.17. The number of likely N-dealkylation sites (tertiary alicyclic amines) is 1. The van der Waals surface area contributed by atoms with E-state index in [9.17, 15) is 9.59 Å². The molecule has 1 unspecified atom stereocenters. The maximum absolute atomic E-state index is 12.2. The van der Waals surface area contributed by atoms with Gasteiger partial charge in [-0.2, -0.15) is 5.10 Å². The van der Waals surface area contributed by atoms with E-state index in [0.29, 0.717) is 0 Å². The van der Waals surface area contributed by atoms with Crippen LogP contribution in [0.15, 0.2) is 0 Å². The average molecular weight is 278 g/mol. The summed E-state index contributed by atoms with van der Waals surface area (Å²) >= 11 is 0. The maximum atomic E-state index is 12.2. The number of carbonyl (C=O) groups is 2. The van der Waals surface area contributed by atoms with Gasteiger partial charge in [-0.15, -0.1) is 0 Å². The van der Waals surface area contributed by atoms with Crippen LogP contribution in [0.1, 0.15) is 30.7 Å². The molecule has 1 fully saturated rings. The SMILES string of the molecule is Cc1nn(C)c(C)c1NC(=O)CN1CCCCC1C=O. The molecule has 20 heavy (non-hydrogen) atoms. The van der Waals surface area contributed by atoms with Crippen molar-refractivity contribution >= 4 is 17.9 Å². The van der Waals surface area contributed by atoms with Gasteiger partial charge in [0.25, 0.3) is 0 Å². The highest BCUT2D eigenvalue weighted by molar-refractivity contribution is 5.93. The van der Waals surface area contributed by atoms with Crippen molar-refractivity contribution in [3.63, 3.8) is 0 Å². The zero-order chi connectivity index (χ0) is 14.7. The molecule has 1 aliphatic rings. The molecule has 1 aromatic heterocycles. The fourth-order valence-corrected chi connectivity index (χ4v) is 2.69. The van der Waals surface area contributed by atoms with Gasteiger partial charge in [-0.25, -0.2) is 0 Å². The number of aromatic nitrogens is 2. The van der Waals surface area contributed by atoms with E-state index in [1.54, 1.807) is 4.68 Å². The first kappa shape index (κ1) is 14.7. The number of hydrogen-bond acceptors (Lipinski definition) is 4. The van der Waals surface area contributed by atoms with E-state index in [1.807, 2.05) is 25.8 Å². The molecule has 6 heteroatoms. The zero-order valence-electron chi connectivity index (χ0n) is 12.3.